The Kier molecular flexibility index (Phi) is 4.54. The summed E-state index contributed by atoms with van der Waals surface area (Å²) in [5.41, 5.74) is -1.06. The molecule has 1 N–H and O–H groups in total. The minimum Gasteiger partial charge on any atom is -0.491 e. The van der Waals surface area contributed by atoms with E-state index in [0.717, 1.165) is 12.6 Å². The van der Waals surface area contributed by atoms with Crippen molar-refractivity contribution in [3.63, 3.8) is 0 Å². The van der Waals surface area contributed by atoms with E-state index >= 15 is 0 Å². The maximum atomic E-state index is 12.8. The first-order chi connectivity index (χ1) is 9.88. The number of rotatable bonds is 3. The van der Waals surface area contributed by atoms with Crippen LogP contribution in [0.3, 0.4) is 0 Å². The van der Waals surface area contributed by atoms with Gasteiger partial charge in [-0.3, -0.25) is 0 Å². The Hall–Kier alpha value is -1.99. The number of likely N-dealkylation sites (tertiary alicyclic amines) is 1. The van der Waals surface area contributed by atoms with Gasteiger partial charge in [0.25, 0.3) is 0 Å². The summed E-state index contributed by atoms with van der Waals surface area (Å²) in [6, 6.07) is 2.59. The van der Waals surface area contributed by atoms with Gasteiger partial charge in [0.2, 0.25) is 0 Å². The maximum Gasteiger partial charge on any atom is 0.437 e. The molecule has 0 bridgehead atoms. The molecule has 1 aliphatic heterocycles. The molecule has 0 spiro atoms. The molecule has 1 aromatic rings. The molecule has 0 unspecified atom stereocenters. The monoisotopic (exact) mass is 304 g/mol. The van der Waals surface area contributed by atoms with Crippen LogP contribution in [0.25, 0.3) is 0 Å². The van der Waals surface area contributed by atoms with Crippen molar-refractivity contribution in [2.45, 2.75) is 19.0 Å². The Morgan fingerprint density at radius 1 is 1.52 bits per heavy atom. The van der Waals surface area contributed by atoms with Crippen molar-refractivity contribution < 1.29 is 27.8 Å². The Morgan fingerprint density at radius 3 is 2.95 bits per heavy atom. The number of piperidine rings is 1. The summed E-state index contributed by atoms with van der Waals surface area (Å²) in [7, 11) is 0. The van der Waals surface area contributed by atoms with Crippen molar-refractivity contribution in [2.24, 2.45) is 5.92 Å². The highest BCUT2D eigenvalue weighted by molar-refractivity contribution is 5.65. The quantitative estimate of drug-likeness (QED) is 0.932. The normalized spacial score (nSPS) is 19.4. The van der Waals surface area contributed by atoms with Crippen LogP contribution >= 0.6 is 0 Å². The number of nitrogens with zero attached hydrogens (tertiary/aromatic N) is 2. The highest BCUT2D eigenvalue weighted by Gasteiger charge is 2.36. The molecule has 8 heteroatoms. The van der Waals surface area contributed by atoms with Gasteiger partial charge in [-0.2, -0.15) is 13.2 Å². The van der Waals surface area contributed by atoms with E-state index in [-0.39, 0.29) is 24.8 Å². The Balaban J connectivity index is 1.99. The fourth-order valence-corrected chi connectivity index (χ4v) is 2.30. The molecule has 2 rings (SSSR count). The van der Waals surface area contributed by atoms with E-state index in [9.17, 15) is 18.0 Å². The molecule has 116 valence electrons. The largest absolute Gasteiger partial charge is 0.491 e. The highest BCUT2D eigenvalue weighted by atomic mass is 19.4. The van der Waals surface area contributed by atoms with E-state index in [4.69, 9.17) is 9.84 Å². The number of pyridine rings is 1. The molecular weight excluding hydrogens is 289 g/mol. The standard InChI is InChI=1S/C13H15F3N2O3/c14-13(15,16)11-10(4-1-5-17-11)21-8-9-3-2-6-18(7-9)12(19)20/h1,4-5,9H,2-3,6-8H2,(H,19,20)/t9-/m0/s1. The number of hydrogen-bond donors (Lipinski definition) is 1. The van der Waals surface area contributed by atoms with E-state index in [1.54, 1.807) is 0 Å². The van der Waals surface area contributed by atoms with E-state index in [1.807, 2.05) is 0 Å². The lowest BCUT2D eigenvalue weighted by molar-refractivity contribution is -0.142. The second-order valence-corrected chi connectivity index (χ2v) is 4.90. The summed E-state index contributed by atoms with van der Waals surface area (Å²) in [5, 5.41) is 8.92. The van der Waals surface area contributed by atoms with Gasteiger partial charge >= 0.3 is 12.3 Å². The molecule has 0 radical (unpaired) electrons. The van der Waals surface area contributed by atoms with Gasteiger partial charge < -0.3 is 14.7 Å². The van der Waals surface area contributed by atoms with Crippen LogP contribution in [-0.4, -0.2) is 40.8 Å². The van der Waals surface area contributed by atoms with Crippen molar-refractivity contribution in [3.8, 4) is 5.75 Å². The highest BCUT2D eigenvalue weighted by Crippen LogP contribution is 2.34. The minimum atomic E-state index is -4.57. The number of aromatic nitrogens is 1. The molecule has 1 amide bonds. The molecule has 1 atom stereocenters. The second-order valence-electron chi connectivity index (χ2n) is 4.90. The first-order valence-corrected chi connectivity index (χ1v) is 6.51. The van der Waals surface area contributed by atoms with Crippen LogP contribution in [0.15, 0.2) is 18.3 Å². The van der Waals surface area contributed by atoms with Gasteiger partial charge in [-0.15, -0.1) is 0 Å². The molecule has 1 aromatic heterocycles. The molecule has 0 aromatic carbocycles. The minimum absolute atomic E-state index is 0.0402. The van der Waals surface area contributed by atoms with Crippen molar-refractivity contribution in [1.82, 2.24) is 9.88 Å². The summed E-state index contributed by atoms with van der Waals surface area (Å²) in [6.45, 7) is 0.766. The van der Waals surface area contributed by atoms with Crippen LogP contribution in [0, 0.1) is 5.92 Å². The third-order valence-corrected chi connectivity index (χ3v) is 3.30. The Labute approximate surface area is 119 Å². The smallest absolute Gasteiger partial charge is 0.437 e. The van der Waals surface area contributed by atoms with Crippen LogP contribution in [0.5, 0.6) is 5.75 Å². The van der Waals surface area contributed by atoms with Crippen LogP contribution < -0.4 is 4.74 Å². The van der Waals surface area contributed by atoms with Crippen LogP contribution in [0.1, 0.15) is 18.5 Å². The predicted octanol–water partition coefficient (Wildman–Crippen LogP) is 2.87. The number of ether oxygens (including phenoxy) is 1. The fraction of sp³-hybridized carbons (Fsp3) is 0.538. The Bertz CT molecular complexity index is 508. The van der Waals surface area contributed by atoms with Gasteiger partial charge in [0.05, 0.1) is 6.61 Å². The zero-order valence-corrected chi connectivity index (χ0v) is 11.1. The third kappa shape index (κ3) is 3.99. The van der Waals surface area contributed by atoms with E-state index in [1.165, 1.54) is 17.0 Å². The molecular formula is C13H15F3N2O3. The summed E-state index contributed by atoms with van der Waals surface area (Å²) < 4.78 is 43.5. The molecule has 2 heterocycles. The molecule has 0 saturated carbocycles. The number of alkyl halides is 3. The first-order valence-electron chi connectivity index (χ1n) is 6.51. The number of amides is 1. The summed E-state index contributed by atoms with van der Waals surface area (Å²) >= 11 is 0. The predicted molar refractivity (Wildman–Crippen MR) is 67.1 cm³/mol. The zero-order valence-electron chi connectivity index (χ0n) is 11.1. The van der Waals surface area contributed by atoms with E-state index < -0.39 is 18.0 Å². The number of carbonyl (C=O) groups is 1. The third-order valence-electron chi connectivity index (χ3n) is 3.30. The SMILES string of the molecule is O=C(O)N1CCC[C@H](COc2cccnc2C(F)(F)F)C1. The van der Waals surface area contributed by atoms with Gasteiger partial charge in [0.1, 0.15) is 5.75 Å². The Morgan fingerprint density at radius 2 is 2.29 bits per heavy atom. The lowest BCUT2D eigenvalue weighted by Crippen LogP contribution is -2.40. The average Bonchev–Trinajstić information content (AvgIpc) is 2.45. The topological polar surface area (TPSA) is 62.7 Å². The van der Waals surface area contributed by atoms with Crippen molar-refractivity contribution in [3.05, 3.63) is 24.0 Å². The number of halogens is 3. The van der Waals surface area contributed by atoms with Gasteiger partial charge in [-0.1, -0.05) is 0 Å². The van der Waals surface area contributed by atoms with Crippen molar-refractivity contribution >= 4 is 6.09 Å². The van der Waals surface area contributed by atoms with Crippen LogP contribution in [0.4, 0.5) is 18.0 Å². The van der Waals surface area contributed by atoms with Gasteiger partial charge in [-0.05, 0) is 25.0 Å². The van der Waals surface area contributed by atoms with E-state index in [0.29, 0.717) is 13.0 Å². The maximum absolute atomic E-state index is 12.8. The second kappa shape index (κ2) is 6.19. The van der Waals surface area contributed by atoms with Crippen LogP contribution in [-0.2, 0) is 6.18 Å². The molecule has 1 aliphatic rings. The molecule has 1 fully saturated rings. The van der Waals surface area contributed by atoms with Gasteiger partial charge in [0.15, 0.2) is 5.69 Å². The summed E-state index contributed by atoms with van der Waals surface area (Å²) in [4.78, 5) is 15.4. The lowest BCUT2D eigenvalue weighted by Gasteiger charge is -2.30. The van der Waals surface area contributed by atoms with Gasteiger partial charge in [0, 0.05) is 25.2 Å². The molecule has 0 aliphatic carbocycles. The average molecular weight is 304 g/mol. The van der Waals surface area contributed by atoms with Crippen molar-refractivity contribution in [2.75, 3.05) is 19.7 Å². The zero-order chi connectivity index (χ0) is 15.5. The molecule has 5 nitrogen and oxygen atoms in total. The van der Waals surface area contributed by atoms with Crippen LogP contribution in [0.2, 0.25) is 0 Å². The first kappa shape index (κ1) is 15.4. The van der Waals surface area contributed by atoms with E-state index in [2.05, 4.69) is 4.98 Å². The summed E-state index contributed by atoms with van der Waals surface area (Å²) in [5.74, 6) is -0.436. The summed E-state index contributed by atoms with van der Waals surface area (Å²) in [6.07, 6.45) is -3.12. The number of carboxylic acid groups (broad SMARTS) is 1. The van der Waals surface area contributed by atoms with Crippen molar-refractivity contribution in [1.29, 1.82) is 0 Å². The lowest BCUT2D eigenvalue weighted by atomic mass is 9.99. The molecule has 1 saturated heterocycles. The fourth-order valence-electron chi connectivity index (χ4n) is 2.30. The molecule has 21 heavy (non-hydrogen) atoms. The number of hydrogen-bond acceptors (Lipinski definition) is 3. The van der Waals surface area contributed by atoms with Gasteiger partial charge in [-0.25, -0.2) is 9.78 Å².